The highest BCUT2D eigenvalue weighted by atomic mass is 31.2. The van der Waals surface area contributed by atoms with Gasteiger partial charge >= 0.3 is 15.2 Å². The van der Waals surface area contributed by atoms with Crippen molar-refractivity contribution in [2.24, 2.45) is 5.16 Å². The number of para-hydroxylation sites is 2. The lowest BCUT2D eigenvalue weighted by Crippen LogP contribution is -2.06. The van der Waals surface area contributed by atoms with Crippen LogP contribution in [0.3, 0.4) is 0 Å². The van der Waals surface area contributed by atoms with Crippen molar-refractivity contribution < 1.29 is 61.7 Å². The number of oxime groups is 1. The summed E-state index contributed by atoms with van der Waals surface area (Å²) in [4.78, 5) is 35.5. The van der Waals surface area contributed by atoms with Crippen LogP contribution in [0.2, 0.25) is 0 Å². The lowest BCUT2D eigenvalue weighted by Gasteiger charge is -2.17. The maximum atomic E-state index is 13.3. The number of ether oxygens (including phenoxy) is 2. The molecule has 0 aliphatic heterocycles. The maximum Gasteiger partial charge on any atom is 0.330 e. The van der Waals surface area contributed by atoms with E-state index in [1.165, 1.54) is 25.3 Å². The number of benzene rings is 6. The molecule has 0 aliphatic rings. The van der Waals surface area contributed by atoms with E-state index in [1.807, 2.05) is 45.5 Å². The molecule has 0 amide bonds. The number of non-ortho nitro benzene ring substituents is 2. The number of nitrogens with zero attached hydrogens (tertiary/aromatic N) is 5. The number of aryl methyl sites for hydroxylation is 2. The summed E-state index contributed by atoms with van der Waals surface area (Å²) in [7, 11) is -3.35. The molecular weight excluding hydrogens is 1040 g/mol. The first-order valence-electron chi connectivity index (χ1n) is 25.4. The number of aromatic nitrogens is 2. The number of rotatable bonds is 24. The van der Waals surface area contributed by atoms with Gasteiger partial charge in [-0.2, -0.15) is 0 Å². The predicted octanol–water partition coefficient (Wildman–Crippen LogP) is 13.2. The Labute approximate surface area is 451 Å². The van der Waals surface area contributed by atoms with Gasteiger partial charge in [-0.25, -0.2) is 0 Å². The molecule has 0 bridgehead atoms. The van der Waals surface area contributed by atoms with E-state index < -0.39 is 25.0 Å². The first-order chi connectivity index (χ1) is 37.6. The van der Waals surface area contributed by atoms with Gasteiger partial charge in [0, 0.05) is 104 Å². The van der Waals surface area contributed by atoms with Crippen LogP contribution >= 0.6 is 15.2 Å². The number of hydrogen-bond acceptors (Lipinski definition) is 16. The molecule has 414 valence electrons. The van der Waals surface area contributed by atoms with Crippen LogP contribution in [0.5, 0.6) is 11.5 Å². The van der Waals surface area contributed by atoms with Gasteiger partial charge in [0.25, 0.3) is 11.4 Å². The van der Waals surface area contributed by atoms with Gasteiger partial charge in [-0.05, 0) is 114 Å². The molecule has 2 N–H and O–H groups in total. The fraction of sp³-hybridized carbons (Fsp3) is 0.321. The largest absolute Gasteiger partial charge is 0.496 e. The summed E-state index contributed by atoms with van der Waals surface area (Å²) in [5.74, 6) is 0.810. The molecule has 0 aliphatic carbocycles. The normalized spacial score (nSPS) is 11.8. The second-order valence-electron chi connectivity index (χ2n) is 17.2. The van der Waals surface area contributed by atoms with Crippen LogP contribution in [-0.2, 0) is 40.3 Å². The highest BCUT2D eigenvalue weighted by Crippen LogP contribution is 2.50. The number of aliphatic hydroxyl groups excluding tert-OH is 1. The Morgan fingerprint density at radius 1 is 0.551 bits per heavy atom. The molecule has 22 heteroatoms. The summed E-state index contributed by atoms with van der Waals surface area (Å²) < 4.78 is 62.4. The van der Waals surface area contributed by atoms with E-state index >= 15 is 0 Å². The van der Waals surface area contributed by atoms with Crippen LogP contribution in [0.25, 0.3) is 43.6 Å². The number of carbonyl (C=O) groups is 1. The second kappa shape index (κ2) is 27.9. The highest BCUT2D eigenvalue weighted by Gasteiger charge is 2.26. The molecule has 78 heavy (non-hydrogen) atoms. The minimum atomic E-state index is -3.20. The molecule has 0 saturated heterocycles. The molecule has 8 aromatic rings. The molecule has 2 heterocycles. The predicted molar refractivity (Wildman–Crippen MR) is 302 cm³/mol. The van der Waals surface area contributed by atoms with Crippen molar-refractivity contribution in [3.63, 3.8) is 0 Å². The molecule has 0 spiro atoms. The fourth-order valence-electron chi connectivity index (χ4n) is 9.24. The van der Waals surface area contributed by atoms with E-state index in [9.17, 15) is 39.4 Å². The summed E-state index contributed by atoms with van der Waals surface area (Å²) >= 11 is 0. The van der Waals surface area contributed by atoms with Crippen molar-refractivity contribution in [3.05, 3.63) is 164 Å². The van der Waals surface area contributed by atoms with Crippen molar-refractivity contribution in [3.8, 4) is 11.5 Å². The minimum absolute atomic E-state index is 0.0278. The molecule has 0 unspecified atom stereocenters. The number of carbonyl (C=O) groups excluding carboxylic acids is 1. The minimum Gasteiger partial charge on any atom is -0.496 e. The van der Waals surface area contributed by atoms with E-state index in [-0.39, 0.29) is 36.1 Å². The maximum absolute atomic E-state index is 13.3. The van der Waals surface area contributed by atoms with Crippen molar-refractivity contribution in [2.75, 3.05) is 59.6 Å². The Hall–Kier alpha value is -7.28. The third-order valence-corrected chi connectivity index (χ3v) is 16.7. The average Bonchev–Trinajstić information content (AvgIpc) is 4.08. The molecule has 6 aromatic carbocycles. The quantitative estimate of drug-likeness (QED) is 0.0142. The Kier molecular flexibility index (Phi) is 21.4. The molecule has 0 radical (unpaired) electrons. The van der Waals surface area contributed by atoms with Crippen LogP contribution in [0.1, 0.15) is 74.5 Å². The number of fused-ring (bicyclic) bond motifs is 6. The Morgan fingerprint density at radius 3 is 1.31 bits per heavy atom. The molecule has 20 nitrogen and oxygen atoms in total. The summed E-state index contributed by atoms with van der Waals surface area (Å²) in [5.41, 5.74) is 5.58. The zero-order chi connectivity index (χ0) is 56.6. The zero-order valence-electron chi connectivity index (χ0n) is 44.7. The van der Waals surface area contributed by atoms with Crippen molar-refractivity contribution in [1.29, 1.82) is 0 Å². The smallest absolute Gasteiger partial charge is 0.330 e. The van der Waals surface area contributed by atoms with Gasteiger partial charge in [-0.1, -0.05) is 35.5 Å². The fourth-order valence-corrected chi connectivity index (χ4v) is 12.5. The van der Waals surface area contributed by atoms with E-state index in [4.69, 9.17) is 32.7 Å². The molecule has 0 atom stereocenters. The molecule has 0 saturated carbocycles. The molecule has 8 rings (SSSR count). The number of nitro groups is 2. The first kappa shape index (κ1) is 60.0. The Bertz CT molecular complexity index is 3520. The summed E-state index contributed by atoms with van der Waals surface area (Å²) in [5, 5.41) is 46.9. The standard InChI is InChI=1S/C27H30N3O7P.C27H29N2O7P.C2H6O/c1-4-36-38(34,37-5-2)16-8-15-29-24-13-11-19(27(28-31)21-9-6-7-10-26(21)35-3)17-22(24)23-18-20(30(32)33)12-14-25(23)29;1-4-35-37(33,36-5-2)16-8-15-28-24-13-11-19(27(30)21-9-6-7-10-26(21)34-3)17-22(24)23-18-20(29(31)32)12-14-25(23)28;1-2-3/h6-7,9-14,17-18,31H,4-5,8,15-16H2,1-3H3;6-7,9-14,17-18H,4-5,8,15-16H2,1-3H3;3H,2H2,1H3/b28-27-;;. The third-order valence-electron chi connectivity index (χ3n) is 12.4. The van der Waals surface area contributed by atoms with E-state index in [2.05, 4.69) is 5.16 Å². The van der Waals surface area contributed by atoms with Gasteiger partial charge in [0.2, 0.25) is 0 Å². The lowest BCUT2D eigenvalue weighted by molar-refractivity contribution is -0.384. The topological polar surface area (TPSA) is 256 Å². The SMILES string of the molecule is CCO.CCOP(=O)(CCCn1c2ccc(/C(=N/O)c3ccccc3OC)cc2c2cc([N+](=O)[O-])ccc21)OCC.CCOP(=O)(CCCn1c2ccc(C(=O)c3ccccc3OC)cc2c2cc([N+](=O)[O-])ccc21)OCC. The van der Waals surface area contributed by atoms with Crippen LogP contribution in [0.15, 0.2) is 126 Å². The monoisotopic (exact) mass is 1110 g/mol. The van der Waals surface area contributed by atoms with Crippen molar-refractivity contribution in [1.82, 2.24) is 9.13 Å². The molecule has 0 fully saturated rings. The molecule has 2 aromatic heterocycles. The number of hydrogen-bond donors (Lipinski definition) is 2. The first-order valence-corrected chi connectivity index (χ1v) is 28.9. The third kappa shape index (κ3) is 13.9. The number of ketones is 1. The van der Waals surface area contributed by atoms with Gasteiger partial charge < -0.3 is 47.0 Å². The van der Waals surface area contributed by atoms with Crippen LogP contribution < -0.4 is 9.47 Å². The Morgan fingerprint density at radius 2 is 0.910 bits per heavy atom. The summed E-state index contributed by atoms with van der Waals surface area (Å²) in [6.45, 7) is 11.2. The highest BCUT2D eigenvalue weighted by molar-refractivity contribution is 7.54. The van der Waals surface area contributed by atoms with Crippen molar-refractivity contribution in [2.45, 2.75) is 60.5 Å². The van der Waals surface area contributed by atoms with E-state index in [0.717, 1.165) is 32.8 Å². The second-order valence-corrected chi connectivity index (χ2v) is 21.6. The van der Waals surface area contributed by atoms with Gasteiger partial charge in [0.05, 0.1) is 68.4 Å². The zero-order valence-corrected chi connectivity index (χ0v) is 46.4. The van der Waals surface area contributed by atoms with Crippen LogP contribution in [0, 0.1) is 20.2 Å². The Balaban J connectivity index is 0.000000240. The van der Waals surface area contributed by atoms with Gasteiger partial charge in [-0.15, -0.1) is 0 Å². The van der Waals surface area contributed by atoms with E-state index in [0.29, 0.717) is 103 Å². The number of methoxy groups -OCH3 is 2. The number of nitro benzene ring substituents is 2. The molecular formula is C56H65N5O15P2. The van der Waals surface area contributed by atoms with Gasteiger partial charge in [-0.3, -0.25) is 34.2 Å². The van der Waals surface area contributed by atoms with Gasteiger partial charge in [0.1, 0.15) is 17.2 Å². The van der Waals surface area contributed by atoms with Crippen molar-refractivity contribution >= 4 is 81.7 Å². The van der Waals surface area contributed by atoms with Gasteiger partial charge in [0.15, 0.2) is 5.78 Å². The summed E-state index contributed by atoms with van der Waals surface area (Å²) in [6.07, 6.45) is 1.51. The average molecular weight is 1110 g/mol. The summed E-state index contributed by atoms with van der Waals surface area (Å²) in [6, 6.07) is 34.6. The lowest BCUT2D eigenvalue weighted by atomic mass is 9.99. The number of aliphatic hydroxyl groups is 1. The van der Waals surface area contributed by atoms with Crippen LogP contribution in [-0.4, -0.2) is 100 Å². The van der Waals surface area contributed by atoms with E-state index in [1.54, 1.807) is 108 Å². The van der Waals surface area contributed by atoms with Crippen LogP contribution in [0.4, 0.5) is 11.4 Å².